The van der Waals surface area contributed by atoms with E-state index in [1.165, 1.54) is 0 Å². The van der Waals surface area contributed by atoms with Crippen molar-refractivity contribution in [2.24, 2.45) is 5.41 Å². The number of alkyl halides is 1. The highest BCUT2D eigenvalue weighted by molar-refractivity contribution is 14.1. The van der Waals surface area contributed by atoms with Crippen molar-refractivity contribution in [1.29, 1.82) is 0 Å². The van der Waals surface area contributed by atoms with Gasteiger partial charge in [0.15, 0.2) is 0 Å². The third kappa shape index (κ3) is 11.7. The van der Waals surface area contributed by atoms with Crippen LogP contribution in [0.25, 0.3) is 0 Å². The summed E-state index contributed by atoms with van der Waals surface area (Å²) >= 11 is 2.38. The Kier molecular flexibility index (Phi) is 9.01. The zero-order chi connectivity index (χ0) is 14.2. The van der Waals surface area contributed by atoms with Gasteiger partial charge in [-0.05, 0) is 32.6 Å². The van der Waals surface area contributed by atoms with Crippen LogP contribution in [-0.4, -0.2) is 36.0 Å². The van der Waals surface area contributed by atoms with Crippen molar-refractivity contribution in [1.82, 2.24) is 5.32 Å². The largest absolute Gasteiger partial charge is 0.380 e. The topological polar surface area (TPSA) is 30.5 Å². The molecule has 0 rings (SSSR count). The Balaban J connectivity index is 3.32. The fourth-order valence-corrected chi connectivity index (χ4v) is 1.46. The fraction of sp³-hybridized carbons (Fsp3) is 1.00. The second kappa shape index (κ2) is 8.72. The van der Waals surface area contributed by atoms with Crippen molar-refractivity contribution < 1.29 is 9.47 Å². The van der Waals surface area contributed by atoms with Crippen LogP contribution in [0.2, 0.25) is 0 Å². The van der Waals surface area contributed by atoms with Crippen LogP contribution in [0.5, 0.6) is 0 Å². The summed E-state index contributed by atoms with van der Waals surface area (Å²) in [5.41, 5.74) is 0.219. The first-order valence-corrected chi connectivity index (χ1v) is 7.84. The van der Waals surface area contributed by atoms with E-state index in [-0.39, 0.29) is 8.96 Å². The van der Waals surface area contributed by atoms with E-state index in [4.69, 9.17) is 9.47 Å². The number of halogens is 1. The summed E-state index contributed by atoms with van der Waals surface area (Å²) in [6.45, 7) is 16.3. The Labute approximate surface area is 127 Å². The minimum atomic E-state index is 0.145. The molecule has 0 radical (unpaired) electrons. The van der Waals surface area contributed by atoms with Gasteiger partial charge in [-0.25, -0.2) is 0 Å². The Hall–Kier alpha value is 0.610. The SMILES string of the molecule is C[C@@H](OCCCOCCNC(C)(C)I)C(C)(C)C. The molecule has 0 saturated heterocycles. The molecule has 18 heavy (non-hydrogen) atoms. The molecule has 1 atom stereocenters. The van der Waals surface area contributed by atoms with E-state index >= 15 is 0 Å². The molecule has 0 fully saturated rings. The third-order valence-electron chi connectivity index (χ3n) is 2.81. The van der Waals surface area contributed by atoms with Crippen molar-refractivity contribution >= 4 is 22.6 Å². The Bertz CT molecular complexity index is 209. The van der Waals surface area contributed by atoms with Gasteiger partial charge in [0.1, 0.15) is 0 Å². The summed E-state index contributed by atoms with van der Waals surface area (Å²) < 4.78 is 11.5. The Morgan fingerprint density at radius 2 is 1.67 bits per heavy atom. The lowest BCUT2D eigenvalue weighted by atomic mass is 9.90. The summed E-state index contributed by atoms with van der Waals surface area (Å²) in [6, 6.07) is 0. The molecule has 0 aromatic carbocycles. The van der Waals surface area contributed by atoms with Crippen molar-refractivity contribution in [3.8, 4) is 0 Å². The highest BCUT2D eigenvalue weighted by Crippen LogP contribution is 2.21. The van der Waals surface area contributed by atoms with Gasteiger partial charge >= 0.3 is 0 Å². The minimum absolute atomic E-state index is 0.145. The third-order valence-corrected chi connectivity index (χ3v) is 3.19. The molecule has 0 spiro atoms. The van der Waals surface area contributed by atoms with Crippen molar-refractivity contribution in [3.05, 3.63) is 0 Å². The van der Waals surface area contributed by atoms with Crippen LogP contribution in [0.4, 0.5) is 0 Å². The summed E-state index contributed by atoms with van der Waals surface area (Å²) in [4.78, 5) is 0. The molecule has 0 aliphatic rings. The molecular weight excluding hydrogens is 341 g/mol. The van der Waals surface area contributed by atoms with Crippen LogP contribution >= 0.6 is 22.6 Å². The van der Waals surface area contributed by atoms with E-state index in [0.717, 1.165) is 32.8 Å². The van der Waals surface area contributed by atoms with Gasteiger partial charge in [0.05, 0.1) is 16.3 Å². The number of nitrogens with one attached hydrogen (secondary N) is 1. The average Bonchev–Trinajstić information content (AvgIpc) is 2.18. The zero-order valence-corrected chi connectivity index (χ0v) is 15.0. The summed E-state index contributed by atoms with van der Waals surface area (Å²) in [7, 11) is 0. The maximum absolute atomic E-state index is 5.77. The zero-order valence-electron chi connectivity index (χ0n) is 12.8. The fourth-order valence-electron chi connectivity index (χ4n) is 1.19. The van der Waals surface area contributed by atoms with Crippen LogP contribution in [0.15, 0.2) is 0 Å². The Morgan fingerprint density at radius 3 is 2.17 bits per heavy atom. The standard InChI is InChI=1S/C14H30INO2/c1-12(13(2,3)4)18-10-7-9-17-11-8-16-14(5,6)15/h12,16H,7-11H2,1-6H3/t12-/m1/s1. The molecule has 4 heteroatoms. The molecule has 0 aliphatic carbocycles. The number of ether oxygens (including phenoxy) is 2. The first-order valence-electron chi connectivity index (χ1n) is 6.76. The lowest BCUT2D eigenvalue weighted by Gasteiger charge is -2.27. The molecule has 0 aliphatic heterocycles. The average molecular weight is 371 g/mol. The minimum Gasteiger partial charge on any atom is -0.380 e. The summed E-state index contributed by atoms with van der Waals surface area (Å²) in [6.07, 6.45) is 1.26. The van der Waals surface area contributed by atoms with Gasteiger partial charge < -0.3 is 14.8 Å². The quantitative estimate of drug-likeness (QED) is 0.291. The van der Waals surface area contributed by atoms with Gasteiger partial charge in [-0.2, -0.15) is 0 Å². The van der Waals surface area contributed by atoms with E-state index in [2.05, 4.69) is 69.5 Å². The van der Waals surface area contributed by atoms with E-state index in [1.807, 2.05) is 0 Å². The number of rotatable bonds is 9. The van der Waals surface area contributed by atoms with Gasteiger partial charge in [0.2, 0.25) is 0 Å². The summed E-state index contributed by atoms with van der Waals surface area (Å²) in [5, 5.41) is 3.38. The second-order valence-corrected chi connectivity index (χ2v) is 8.94. The molecular formula is C14H30INO2. The lowest BCUT2D eigenvalue weighted by Crippen LogP contribution is -2.35. The molecule has 0 bridgehead atoms. The normalized spacial score (nSPS) is 14.8. The van der Waals surface area contributed by atoms with Gasteiger partial charge in [-0.15, -0.1) is 0 Å². The van der Waals surface area contributed by atoms with E-state index < -0.39 is 0 Å². The van der Waals surface area contributed by atoms with E-state index in [1.54, 1.807) is 0 Å². The molecule has 0 aromatic heterocycles. The van der Waals surface area contributed by atoms with Crippen LogP contribution in [-0.2, 0) is 9.47 Å². The molecule has 3 nitrogen and oxygen atoms in total. The van der Waals surface area contributed by atoms with Crippen LogP contribution in [0.3, 0.4) is 0 Å². The smallest absolute Gasteiger partial charge is 0.0649 e. The van der Waals surface area contributed by atoms with Crippen molar-refractivity contribution in [3.63, 3.8) is 0 Å². The molecule has 0 unspecified atom stereocenters. The number of hydrogen-bond acceptors (Lipinski definition) is 3. The molecule has 0 aromatic rings. The highest BCUT2D eigenvalue weighted by atomic mass is 127. The predicted octanol–water partition coefficient (Wildman–Crippen LogP) is 3.61. The second-order valence-electron chi connectivity index (χ2n) is 6.24. The Morgan fingerprint density at radius 1 is 1.06 bits per heavy atom. The first-order chi connectivity index (χ1) is 8.13. The molecule has 0 amide bonds. The first kappa shape index (κ1) is 18.6. The molecule has 1 N–H and O–H groups in total. The van der Waals surface area contributed by atoms with Gasteiger partial charge in [-0.3, -0.25) is 0 Å². The predicted molar refractivity (Wildman–Crippen MR) is 86.4 cm³/mol. The van der Waals surface area contributed by atoms with Crippen molar-refractivity contribution in [2.75, 3.05) is 26.4 Å². The molecule has 0 saturated carbocycles. The van der Waals surface area contributed by atoms with E-state index in [9.17, 15) is 0 Å². The van der Waals surface area contributed by atoms with E-state index in [0.29, 0.717) is 6.10 Å². The lowest BCUT2D eigenvalue weighted by molar-refractivity contribution is -0.0143. The summed E-state index contributed by atoms with van der Waals surface area (Å²) in [5.74, 6) is 0. The monoisotopic (exact) mass is 371 g/mol. The maximum Gasteiger partial charge on any atom is 0.0649 e. The van der Waals surface area contributed by atoms with Crippen LogP contribution in [0.1, 0.15) is 48.0 Å². The maximum atomic E-state index is 5.77. The molecule has 0 heterocycles. The van der Waals surface area contributed by atoms with Gasteiger partial charge in [0.25, 0.3) is 0 Å². The van der Waals surface area contributed by atoms with Gasteiger partial charge in [0, 0.05) is 19.8 Å². The van der Waals surface area contributed by atoms with Crippen LogP contribution < -0.4 is 5.32 Å². The van der Waals surface area contributed by atoms with Crippen LogP contribution in [0, 0.1) is 5.41 Å². The van der Waals surface area contributed by atoms with Crippen molar-refractivity contribution in [2.45, 2.75) is 57.6 Å². The van der Waals surface area contributed by atoms with Gasteiger partial charge in [-0.1, -0.05) is 43.4 Å². The number of hydrogen-bond donors (Lipinski definition) is 1. The molecule has 110 valence electrons. The highest BCUT2D eigenvalue weighted by Gasteiger charge is 2.19.